The third kappa shape index (κ3) is 3.57. The molecule has 1 amide bonds. The van der Waals surface area contributed by atoms with Crippen molar-refractivity contribution in [3.05, 3.63) is 34.1 Å². The van der Waals surface area contributed by atoms with E-state index in [9.17, 15) is 9.18 Å². The number of carbonyl (C=O) groups excluding carboxylic acids is 1. The summed E-state index contributed by atoms with van der Waals surface area (Å²) in [6.45, 7) is 0.797. The molecule has 1 saturated heterocycles. The van der Waals surface area contributed by atoms with Crippen LogP contribution in [0.15, 0.2) is 22.7 Å². The highest BCUT2D eigenvalue weighted by Crippen LogP contribution is 2.24. The average molecular weight is 393 g/mol. The molecule has 0 radical (unpaired) electrons. The topological polar surface area (TPSA) is 20.3 Å². The zero-order chi connectivity index (χ0) is 13.8. The van der Waals surface area contributed by atoms with E-state index < -0.39 is 0 Å². The van der Waals surface area contributed by atoms with Gasteiger partial charge in [-0.2, -0.15) is 0 Å². The number of carbonyl (C=O) groups is 1. The normalized spacial score (nSPS) is 19.5. The van der Waals surface area contributed by atoms with Crippen LogP contribution in [0.2, 0.25) is 0 Å². The van der Waals surface area contributed by atoms with Crippen LogP contribution >= 0.6 is 31.9 Å². The lowest BCUT2D eigenvalue weighted by atomic mass is 9.99. The lowest BCUT2D eigenvalue weighted by Crippen LogP contribution is -2.43. The van der Waals surface area contributed by atoms with E-state index in [4.69, 9.17) is 0 Å². The summed E-state index contributed by atoms with van der Waals surface area (Å²) in [5.41, 5.74) is 0.551. The molecule has 1 aromatic carbocycles. The molecule has 19 heavy (non-hydrogen) atoms. The number of benzene rings is 1. The molecule has 0 N–H and O–H groups in total. The highest BCUT2D eigenvalue weighted by atomic mass is 79.9. The summed E-state index contributed by atoms with van der Waals surface area (Å²) in [7, 11) is 0. The first kappa shape index (κ1) is 15.0. The molecule has 104 valence electrons. The van der Waals surface area contributed by atoms with Crippen molar-refractivity contribution in [3.8, 4) is 0 Å². The number of alkyl halides is 1. The van der Waals surface area contributed by atoms with Gasteiger partial charge in [0.15, 0.2) is 0 Å². The molecule has 0 spiro atoms. The number of amides is 1. The Morgan fingerprint density at radius 1 is 1.42 bits per heavy atom. The van der Waals surface area contributed by atoms with Gasteiger partial charge in [-0.25, -0.2) is 4.39 Å². The summed E-state index contributed by atoms with van der Waals surface area (Å²) in [5, 5.41) is 0.897. The molecule has 2 nitrogen and oxygen atoms in total. The first-order valence-corrected chi connectivity index (χ1v) is 8.37. The summed E-state index contributed by atoms with van der Waals surface area (Å²) in [4.78, 5) is 14.5. The van der Waals surface area contributed by atoms with E-state index in [2.05, 4.69) is 31.9 Å². The molecule has 1 atom stereocenters. The maximum atomic E-state index is 13.2. The fraction of sp³-hybridized carbons (Fsp3) is 0.500. The SMILES string of the molecule is O=C(c1ccc(F)c(Br)c1)N1CCCCC1CCBr. The molecule has 1 aliphatic rings. The molecule has 1 aliphatic heterocycles. The largest absolute Gasteiger partial charge is 0.336 e. The van der Waals surface area contributed by atoms with Gasteiger partial charge in [0.05, 0.1) is 4.47 Å². The molecule has 2 rings (SSSR count). The summed E-state index contributed by atoms with van der Waals surface area (Å²) in [6, 6.07) is 4.75. The molecule has 1 aromatic rings. The minimum Gasteiger partial charge on any atom is -0.336 e. The van der Waals surface area contributed by atoms with Crippen LogP contribution in [0.5, 0.6) is 0 Å². The summed E-state index contributed by atoms with van der Waals surface area (Å²) in [5.74, 6) is -0.335. The Balaban J connectivity index is 2.18. The molecule has 0 aliphatic carbocycles. The Bertz CT molecular complexity index is 465. The average Bonchev–Trinajstić information content (AvgIpc) is 2.42. The fourth-order valence-electron chi connectivity index (χ4n) is 2.49. The molecule has 1 unspecified atom stereocenters. The molecule has 5 heteroatoms. The molecule has 0 aromatic heterocycles. The van der Waals surface area contributed by atoms with Crippen molar-refractivity contribution in [2.45, 2.75) is 31.7 Å². The number of hydrogen-bond acceptors (Lipinski definition) is 1. The second kappa shape index (κ2) is 6.84. The van der Waals surface area contributed by atoms with Gasteiger partial charge in [0.2, 0.25) is 0 Å². The molecular weight excluding hydrogens is 377 g/mol. The van der Waals surface area contributed by atoms with Crippen molar-refractivity contribution in [1.29, 1.82) is 0 Å². The molecule has 0 bridgehead atoms. The van der Waals surface area contributed by atoms with Crippen molar-refractivity contribution in [2.24, 2.45) is 0 Å². The van der Waals surface area contributed by atoms with Crippen molar-refractivity contribution in [2.75, 3.05) is 11.9 Å². The molecule has 1 fully saturated rings. The summed E-state index contributed by atoms with van der Waals surface area (Å²) < 4.78 is 13.6. The van der Waals surface area contributed by atoms with E-state index in [1.54, 1.807) is 12.1 Å². The third-order valence-corrected chi connectivity index (χ3v) is 4.56. The number of nitrogens with zero attached hydrogens (tertiary/aromatic N) is 1. The van der Waals surface area contributed by atoms with Gasteiger partial charge in [0.1, 0.15) is 5.82 Å². The highest BCUT2D eigenvalue weighted by molar-refractivity contribution is 9.10. The van der Waals surface area contributed by atoms with Crippen LogP contribution in [-0.4, -0.2) is 28.7 Å². The minimum atomic E-state index is -0.341. The highest BCUT2D eigenvalue weighted by Gasteiger charge is 2.27. The zero-order valence-electron chi connectivity index (χ0n) is 10.5. The van der Waals surface area contributed by atoms with Gasteiger partial charge in [0, 0.05) is 23.5 Å². The van der Waals surface area contributed by atoms with Gasteiger partial charge in [-0.3, -0.25) is 4.79 Å². The molecule has 0 saturated carbocycles. The van der Waals surface area contributed by atoms with Crippen LogP contribution in [0.3, 0.4) is 0 Å². The fourth-order valence-corrected chi connectivity index (χ4v) is 3.40. The van der Waals surface area contributed by atoms with E-state index in [-0.39, 0.29) is 11.7 Å². The standard InChI is InChI=1S/C14H16Br2FNO/c15-7-6-11-3-1-2-8-18(11)14(19)10-4-5-13(17)12(16)9-10/h4-5,9,11H,1-3,6-8H2. The van der Waals surface area contributed by atoms with Crippen molar-refractivity contribution < 1.29 is 9.18 Å². The van der Waals surface area contributed by atoms with Crippen LogP contribution in [0.4, 0.5) is 4.39 Å². The predicted molar refractivity (Wildman–Crippen MR) is 81.2 cm³/mol. The Labute approximate surface area is 129 Å². The summed E-state index contributed by atoms with van der Waals surface area (Å²) in [6.07, 6.45) is 4.25. The smallest absolute Gasteiger partial charge is 0.254 e. The first-order chi connectivity index (χ1) is 9.13. The quantitative estimate of drug-likeness (QED) is 0.699. The van der Waals surface area contributed by atoms with Crippen molar-refractivity contribution >= 4 is 37.8 Å². The van der Waals surface area contributed by atoms with Crippen LogP contribution in [0.1, 0.15) is 36.0 Å². The van der Waals surface area contributed by atoms with E-state index >= 15 is 0 Å². The van der Waals surface area contributed by atoms with Gasteiger partial charge in [-0.05, 0) is 59.8 Å². The lowest BCUT2D eigenvalue weighted by Gasteiger charge is -2.35. The Morgan fingerprint density at radius 3 is 2.89 bits per heavy atom. The summed E-state index contributed by atoms with van der Waals surface area (Å²) >= 11 is 6.57. The Hall–Kier alpha value is -0.420. The second-order valence-electron chi connectivity index (χ2n) is 4.75. The first-order valence-electron chi connectivity index (χ1n) is 6.45. The van der Waals surface area contributed by atoms with Gasteiger partial charge < -0.3 is 4.90 Å². The monoisotopic (exact) mass is 391 g/mol. The Morgan fingerprint density at radius 2 is 2.21 bits per heavy atom. The van der Waals surface area contributed by atoms with Crippen LogP contribution in [-0.2, 0) is 0 Å². The van der Waals surface area contributed by atoms with Crippen LogP contribution in [0.25, 0.3) is 0 Å². The van der Waals surface area contributed by atoms with Crippen LogP contribution < -0.4 is 0 Å². The number of hydrogen-bond donors (Lipinski definition) is 0. The number of likely N-dealkylation sites (tertiary alicyclic amines) is 1. The number of halogens is 3. The van der Waals surface area contributed by atoms with Gasteiger partial charge in [-0.1, -0.05) is 15.9 Å². The Kier molecular flexibility index (Phi) is 5.39. The van der Waals surface area contributed by atoms with Crippen molar-refractivity contribution in [1.82, 2.24) is 4.90 Å². The van der Waals surface area contributed by atoms with E-state index in [0.29, 0.717) is 16.1 Å². The maximum absolute atomic E-state index is 13.2. The van der Waals surface area contributed by atoms with E-state index in [1.807, 2.05) is 4.90 Å². The van der Waals surface area contributed by atoms with Gasteiger partial charge in [-0.15, -0.1) is 0 Å². The van der Waals surface area contributed by atoms with Gasteiger partial charge in [0.25, 0.3) is 5.91 Å². The van der Waals surface area contributed by atoms with Crippen LogP contribution in [0, 0.1) is 5.82 Å². The lowest BCUT2D eigenvalue weighted by molar-refractivity contribution is 0.0610. The second-order valence-corrected chi connectivity index (χ2v) is 6.40. The third-order valence-electron chi connectivity index (χ3n) is 3.50. The molecule has 1 heterocycles. The van der Waals surface area contributed by atoms with Crippen molar-refractivity contribution in [3.63, 3.8) is 0 Å². The molecular formula is C14H16Br2FNO. The predicted octanol–water partition coefficient (Wildman–Crippen LogP) is 4.37. The zero-order valence-corrected chi connectivity index (χ0v) is 13.7. The number of rotatable bonds is 3. The van der Waals surface area contributed by atoms with Gasteiger partial charge >= 0.3 is 0 Å². The van der Waals surface area contributed by atoms with E-state index in [1.165, 1.54) is 12.5 Å². The van der Waals surface area contributed by atoms with E-state index in [0.717, 1.165) is 31.1 Å². The number of piperidine rings is 1. The maximum Gasteiger partial charge on any atom is 0.254 e. The minimum absolute atomic E-state index is 0.00588.